The SMILES string of the molecule is Cc1ccc(CC(C)C(=S)Nc2ccc3c(c2N(C)C)CCCC3Nc2ccc(F)c(F)c2)cn1. The Hall–Kier alpha value is -3.06. The molecule has 1 heterocycles. The molecule has 1 aromatic heterocycles. The van der Waals surface area contributed by atoms with Gasteiger partial charge in [0.15, 0.2) is 11.6 Å². The van der Waals surface area contributed by atoms with E-state index in [4.69, 9.17) is 12.2 Å². The Kier molecular flexibility index (Phi) is 7.65. The summed E-state index contributed by atoms with van der Waals surface area (Å²) in [5.41, 5.74) is 7.29. The van der Waals surface area contributed by atoms with Gasteiger partial charge in [0.2, 0.25) is 0 Å². The van der Waals surface area contributed by atoms with Crippen LogP contribution in [0.5, 0.6) is 0 Å². The maximum absolute atomic E-state index is 13.7. The van der Waals surface area contributed by atoms with Crippen LogP contribution in [0.4, 0.5) is 25.8 Å². The van der Waals surface area contributed by atoms with Gasteiger partial charge in [-0.05, 0) is 73.6 Å². The van der Waals surface area contributed by atoms with E-state index in [-0.39, 0.29) is 12.0 Å². The van der Waals surface area contributed by atoms with E-state index in [1.165, 1.54) is 17.2 Å². The third-order valence-electron chi connectivity index (χ3n) is 6.54. The van der Waals surface area contributed by atoms with Gasteiger partial charge in [-0.1, -0.05) is 31.3 Å². The molecule has 184 valence electrons. The normalized spacial score (nSPS) is 15.8. The Balaban J connectivity index is 1.56. The Morgan fingerprint density at radius 1 is 1.14 bits per heavy atom. The highest BCUT2D eigenvalue weighted by molar-refractivity contribution is 7.80. The molecule has 2 atom stereocenters. The van der Waals surface area contributed by atoms with Crippen molar-refractivity contribution in [3.63, 3.8) is 0 Å². The molecule has 3 aromatic rings. The highest BCUT2D eigenvalue weighted by atomic mass is 32.1. The van der Waals surface area contributed by atoms with Gasteiger partial charge >= 0.3 is 0 Å². The van der Waals surface area contributed by atoms with Crippen LogP contribution in [0, 0.1) is 24.5 Å². The largest absolute Gasteiger partial charge is 0.378 e. The van der Waals surface area contributed by atoms with E-state index in [0.29, 0.717) is 5.69 Å². The molecule has 1 aliphatic rings. The van der Waals surface area contributed by atoms with E-state index in [1.54, 1.807) is 6.07 Å². The summed E-state index contributed by atoms with van der Waals surface area (Å²) >= 11 is 5.79. The summed E-state index contributed by atoms with van der Waals surface area (Å²) < 4.78 is 27.1. The van der Waals surface area contributed by atoms with Crippen molar-refractivity contribution in [1.29, 1.82) is 0 Å². The van der Waals surface area contributed by atoms with Gasteiger partial charge in [-0.15, -0.1) is 0 Å². The van der Waals surface area contributed by atoms with E-state index in [1.807, 2.05) is 33.3 Å². The summed E-state index contributed by atoms with van der Waals surface area (Å²) in [7, 11) is 4.08. The van der Waals surface area contributed by atoms with Crippen LogP contribution in [0.15, 0.2) is 48.7 Å². The summed E-state index contributed by atoms with van der Waals surface area (Å²) in [6.07, 6.45) is 5.61. The maximum atomic E-state index is 13.7. The van der Waals surface area contributed by atoms with E-state index in [2.05, 4.69) is 45.6 Å². The number of aromatic nitrogens is 1. The first-order valence-corrected chi connectivity index (χ1v) is 12.4. The molecule has 2 N–H and O–H groups in total. The van der Waals surface area contributed by atoms with Crippen molar-refractivity contribution < 1.29 is 8.78 Å². The first kappa shape index (κ1) is 25.0. The summed E-state index contributed by atoms with van der Waals surface area (Å²) in [5.74, 6) is -1.53. The zero-order chi connectivity index (χ0) is 25.1. The first-order valence-electron chi connectivity index (χ1n) is 12.0. The average Bonchev–Trinajstić information content (AvgIpc) is 2.82. The van der Waals surface area contributed by atoms with E-state index in [9.17, 15) is 8.78 Å². The molecular weight excluding hydrogens is 462 g/mol. The zero-order valence-electron chi connectivity index (χ0n) is 20.7. The second kappa shape index (κ2) is 10.7. The monoisotopic (exact) mass is 494 g/mol. The molecule has 0 saturated heterocycles. The highest BCUT2D eigenvalue weighted by Gasteiger charge is 2.26. The smallest absolute Gasteiger partial charge is 0.160 e. The van der Waals surface area contributed by atoms with Crippen LogP contribution in [0.3, 0.4) is 0 Å². The lowest BCUT2D eigenvalue weighted by molar-refractivity contribution is 0.508. The van der Waals surface area contributed by atoms with Crippen LogP contribution in [0.2, 0.25) is 0 Å². The molecule has 0 saturated carbocycles. The van der Waals surface area contributed by atoms with Crippen LogP contribution < -0.4 is 15.5 Å². The van der Waals surface area contributed by atoms with Gasteiger partial charge in [-0.3, -0.25) is 4.98 Å². The minimum absolute atomic E-state index is 0.0243. The van der Waals surface area contributed by atoms with Crippen molar-refractivity contribution in [3.8, 4) is 0 Å². The molecule has 0 bridgehead atoms. The van der Waals surface area contributed by atoms with Gasteiger partial charge in [0.1, 0.15) is 0 Å². The summed E-state index contributed by atoms with van der Waals surface area (Å²) in [6.45, 7) is 4.11. The molecule has 4 rings (SSSR count). The molecule has 7 heteroatoms. The molecule has 0 aliphatic heterocycles. The van der Waals surface area contributed by atoms with Crippen molar-refractivity contribution >= 4 is 34.3 Å². The number of halogens is 2. The van der Waals surface area contributed by atoms with E-state index < -0.39 is 11.6 Å². The van der Waals surface area contributed by atoms with Crippen molar-refractivity contribution in [2.24, 2.45) is 5.92 Å². The molecule has 35 heavy (non-hydrogen) atoms. The number of thiocarbonyl (C=S) groups is 1. The molecule has 0 fully saturated rings. The molecule has 0 spiro atoms. The standard InChI is InChI=1S/C28H32F2N4S/c1-17(14-19-9-8-18(2)31-16-19)28(35)33-26-13-11-21-22(27(26)34(3)4)6-5-7-25(21)32-20-10-12-23(29)24(30)15-20/h8-13,15-17,25,32H,5-7,14H2,1-4H3,(H,33,35). The topological polar surface area (TPSA) is 40.2 Å². The van der Waals surface area contributed by atoms with Crippen LogP contribution in [-0.4, -0.2) is 24.1 Å². The van der Waals surface area contributed by atoms with Crippen LogP contribution in [0.1, 0.15) is 48.2 Å². The third kappa shape index (κ3) is 5.78. The number of hydrogen-bond acceptors (Lipinski definition) is 4. The van der Waals surface area contributed by atoms with E-state index in [0.717, 1.165) is 59.4 Å². The van der Waals surface area contributed by atoms with Gasteiger partial charge < -0.3 is 15.5 Å². The second-order valence-electron chi connectivity index (χ2n) is 9.54. The lowest BCUT2D eigenvalue weighted by Crippen LogP contribution is -2.25. The fourth-order valence-electron chi connectivity index (χ4n) is 4.75. The number of nitrogens with zero attached hydrogens (tertiary/aromatic N) is 2. The number of nitrogens with one attached hydrogen (secondary N) is 2. The first-order chi connectivity index (χ1) is 16.7. The highest BCUT2D eigenvalue weighted by Crippen LogP contribution is 2.41. The van der Waals surface area contributed by atoms with Crippen LogP contribution >= 0.6 is 12.2 Å². The summed E-state index contributed by atoms with van der Waals surface area (Å²) in [6, 6.07) is 12.3. The van der Waals surface area contributed by atoms with Crippen LogP contribution in [-0.2, 0) is 12.8 Å². The minimum atomic E-state index is -0.844. The fourth-order valence-corrected chi connectivity index (χ4v) is 4.94. The molecule has 4 nitrogen and oxygen atoms in total. The predicted molar refractivity (Wildman–Crippen MR) is 144 cm³/mol. The summed E-state index contributed by atoms with van der Waals surface area (Å²) in [5, 5.41) is 6.91. The van der Waals surface area contributed by atoms with Crippen molar-refractivity contribution in [2.75, 3.05) is 29.6 Å². The molecule has 2 aromatic carbocycles. The third-order valence-corrected chi connectivity index (χ3v) is 7.05. The number of fused-ring (bicyclic) bond motifs is 1. The van der Waals surface area contributed by atoms with Crippen molar-refractivity contribution in [3.05, 3.63) is 82.7 Å². The van der Waals surface area contributed by atoms with Crippen LogP contribution in [0.25, 0.3) is 0 Å². The number of benzene rings is 2. The van der Waals surface area contributed by atoms with Gasteiger partial charge in [0, 0.05) is 43.7 Å². The predicted octanol–water partition coefficient (Wildman–Crippen LogP) is 6.84. The number of anilines is 3. The van der Waals surface area contributed by atoms with Gasteiger partial charge in [0.25, 0.3) is 0 Å². The van der Waals surface area contributed by atoms with Crippen molar-refractivity contribution in [2.45, 2.75) is 45.6 Å². The Bertz CT molecular complexity index is 1210. The molecular formula is C28H32F2N4S. The summed E-state index contributed by atoms with van der Waals surface area (Å²) in [4.78, 5) is 7.31. The maximum Gasteiger partial charge on any atom is 0.160 e. The Morgan fingerprint density at radius 3 is 2.63 bits per heavy atom. The van der Waals surface area contributed by atoms with Crippen molar-refractivity contribution in [1.82, 2.24) is 4.98 Å². The zero-order valence-corrected chi connectivity index (χ0v) is 21.5. The molecule has 2 unspecified atom stereocenters. The molecule has 0 radical (unpaired) electrons. The lowest BCUT2D eigenvalue weighted by Gasteiger charge is -2.32. The lowest BCUT2D eigenvalue weighted by atomic mass is 9.85. The number of pyridine rings is 1. The average molecular weight is 495 g/mol. The van der Waals surface area contributed by atoms with Gasteiger partial charge in [0.05, 0.1) is 22.4 Å². The Morgan fingerprint density at radius 2 is 1.94 bits per heavy atom. The van der Waals surface area contributed by atoms with Gasteiger partial charge in [-0.2, -0.15) is 0 Å². The number of hydrogen-bond donors (Lipinski definition) is 2. The quantitative estimate of drug-likeness (QED) is 0.352. The fraction of sp³-hybridized carbons (Fsp3) is 0.357. The second-order valence-corrected chi connectivity index (χ2v) is 9.98. The van der Waals surface area contributed by atoms with Gasteiger partial charge in [-0.25, -0.2) is 8.78 Å². The van der Waals surface area contributed by atoms with E-state index >= 15 is 0 Å². The Labute approximate surface area is 211 Å². The molecule has 0 amide bonds. The minimum Gasteiger partial charge on any atom is -0.378 e. The molecule has 1 aliphatic carbocycles. The number of rotatable bonds is 7. The number of aryl methyl sites for hydroxylation is 1.